The number of thiophene rings is 1. The second-order valence-electron chi connectivity index (χ2n) is 8.04. The maximum Gasteiger partial charge on any atom is 0.249 e. The van der Waals surface area contributed by atoms with Gasteiger partial charge in [0.25, 0.3) is 0 Å². The van der Waals surface area contributed by atoms with Crippen LogP contribution in [0.4, 0.5) is 4.39 Å². The van der Waals surface area contributed by atoms with Crippen LogP contribution in [0.5, 0.6) is 5.75 Å². The quantitative estimate of drug-likeness (QED) is 0.593. The zero-order valence-electron chi connectivity index (χ0n) is 17.6. The number of nitrogens with zero attached hydrogens (tertiary/aromatic N) is 2. The molecule has 0 spiro atoms. The van der Waals surface area contributed by atoms with Crippen molar-refractivity contribution in [2.24, 2.45) is 5.92 Å². The van der Waals surface area contributed by atoms with E-state index in [0.717, 1.165) is 24.8 Å². The molecule has 4 rings (SSSR count). The molecule has 1 aromatic heterocycles. The third kappa shape index (κ3) is 5.25. The lowest BCUT2D eigenvalue weighted by molar-refractivity contribution is -0.144. The topological polar surface area (TPSA) is 59.1 Å². The molecule has 1 atom stereocenters. The molecule has 1 saturated carbocycles. The second-order valence-corrected chi connectivity index (χ2v) is 9.04. The summed E-state index contributed by atoms with van der Waals surface area (Å²) in [6.45, 7) is 1.28. The molecule has 1 aliphatic carbocycles. The number of amides is 2. The first-order chi connectivity index (χ1) is 15.1. The van der Waals surface area contributed by atoms with Gasteiger partial charge in [0.05, 0.1) is 12.6 Å². The molecular formula is C23H27FN2O4S. The first-order valence-corrected chi connectivity index (χ1v) is 11.4. The Hall–Kier alpha value is -2.45. The van der Waals surface area contributed by atoms with Crippen molar-refractivity contribution in [3.05, 3.63) is 52.0 Å². The summed E-state index contributed by atoms with van der Waals surface area (Å²) in [7, 11) is 1.48. The molecule has 0 N–H and O–H groups in total. The highest BCUT2D eigenvalue weighted by atomic mass is 32.1. The molecule has 1 aromatic carbocycles. The number of carbonyl (C=O) groups excluding carboxylic acids is 2. The lowest BCUT2D eigenvalue weighted by Gasteiger charge is -2.37. The summed E-state index contributed by atoms with van der Waals surface area (Å²) in [4.78, 5) is 30.4. The van der Waals surface area contributed by atoms with Crippen LogP contribution in [-0.2, 0) is 20.7 Å². The molecule has 0 radical (unpaired) electrons. The summed E-state index contributed by atoms with van der Waals surface area (Å²) in [5.74, 6) is -0.0803. The average Bonchev–Trinajstić information content (AvgIpc) is 3.45. The van der Waals surface area contributed by atoms with E-state index >= 15 is 0 Å². The Morgan fingerprint density at radius 1 is 1.26 bits per heavy atom. The molecule has 0 saturated heterocycles. The van der Waals surface area contributed by atoms with Crippen LogP contribution in [0, 0.1) is 11.7 Å². The number of methoxy groups -OCH3 is 1. The van der Waals surface area contributed by atoms with Crippen LogP contribution in [0.15, 0.2) is 35.7 Å². The summed E-state index contributed by atoms with van der Waals surface area (Å²) < 4.78 is 24.8. The third-order valence-electron chi connectivity index (χ3n) is 5.77. The van der Waals surface area contributed by atoms with Gasteiger partial charge in [-0.25, -0.2) is 4.39 Å². The van der Waals surface area contributed by atoms with Gasteiger partial charge in [-0.05, 0) is 54.3 Å². The number of fused-ring (bicyclic) bond motifs is 1. The molecule has 1 unspecified atom stereocenters. The zero-order valence-corrected chi connectivity index (χ0v) is 18.4. The van der Waals surface area contributed by atoms with E-state index in [0.29, 0.717) is 19.0 Å². The van der Waals surface area contributed by atoms with Gasteiger partial charge in [0.15, 0.2) is 11.6 Å². The lowest BCUT2D eigenvalue weighted by Crippen LogP contribution is -2.48. The van der Waals surface area contributed by atoms with Gasteiger partial charge in [-0.1, -0.05) is 12.1 Å². The largest absolute Gasteiger partial charge is 0.488 e. The molecule has 6 nitrogen and oxygen atoms in total. The predicted octanol–water partition coefficient (Wildman–Crippen LogP) is 3.28. The van der Waals surface area contributed by atoms with Gasteiger partial charge in [0.1, 0.15) is 13.2 Å². The summed E-state index contributed by atoms with van der Waals surface area (Å²) in [5, 5.41) is 2.01. The molecule has 1 aliphatic heterocycles. The van der Waals surface area contributed by atoms with Crippen LogP contribution >= 0.6 is 11.3 Å². The van der Waals surface area contributed by atoms with Crippen LogP contribution in [0.3, 0.4) is 0 Å². The minimum atomic E-state index is -0.428. The highest BCUT2D eigenvalue weighted by Gasteiger charge is 2.35. The Morgan fingerprint density at radius 3 is 2.81 bits per heavy atom. The molecule has 1 fully saturated rings. The fourth-order valence-corrected chi connectivity index (χ4v) is 4.87. The summed E-state index contributed by atoms with van der Waals surface area (Å²) in [6.07, 6.45) is 2.95. The molecule has 2 aliphatic rings. The summed E-state index contributed by atoms with van der Waals surface area (Å²) in [6, 6.07) is 7.96. The fourth-order valence-electron chi connectivity index (χ4n) is 3.94. The van der Waals surface area contributed by atoms with Crippen LogP contribution in [0.25, 0.3) is 0 Å². The number of hydrogen-bond acceptors (Lipinski definition) is 5. The van der Waals surface area contributed by atoms with E-state index < -0.39 is 5.82 Å². The molecule has 166 valence electrons. The minimum absolute atomic E-state index is 0.0222. The van der Waals surface area contributed by atoms with E-state index in [4.69, 9.17) is 9.47 Å². The van der Waals surface area contributed by atoms with Crippen LogP contribution in [0.1, 0.15) is 29.3 Å². The van der Waals surface area contributed by atoms with Crippen LogP contribution in [-0.4, -0.2) is 61.6 Å². The fraction of sp³-hybridized carbons (Fsp3) is 0.478. The average molecular weight is 447 g/mol. The van der Waals surface area contributed by atoms with E-state index in [1.807, 2.05) is 11.4 Å². The van der Waals surface area contributed by atoms with Crippen molar-refractivity contribution in [1.82, 2.24) is 9.80 Å². The molecule has 31 heavy (non-hydrogen) atoms. The van der Waals surface area contributed by atoms with Gasteiger partial charge in [0.2, 0.25) is 11.8 Å². The second kappa shape index (κ2) is 9.78. The highest BCUT2D eigenvalue weighted by Crippen LogP contribution is 2.35. The Morgan fingerprint density at radius 2 is 2.06 bits per heavy atom. The molecule has 0 bridgehead atoms. The molecule has 2 amide bonds. The summed E-state index contributed by atoms with van der Waals surface area (Å²) >= 11 is 1.66. The molecule has 8 heteroatoms. The normalized spacial score (nSPS) is 17.9. The van der Waals surface area contributed by atoms with Gasteiger partial charge in [0, 0.05) is 25.1 Å². The van der Waals surface area contributed by atoms with Gasteiger partial charge in [-0.2, -0.15) is 0 Å². The van der Waals surface area contributed by atoms with Gasteiger partial charge >= 0.3 is 0 Å². The number of rotatable bonds is 9. The zero-order chi connectivity index (χ0) is 21.8. The maximum absolute atomic E-state index is 14.0. The first-order valence-electron chi connectivity index (χ1n) is 10.6. The Kier molecular flexibility index (Phi) is 6.87. The van der Waals surface area contributed by atoms with Crippen molar-refractivity contribution >= 4 is 23.2 Å². The lowest BCUT2D eigenvalue weighted by atomic mass is 10.0. The summed E-state index contributed by atoms with van der Waals surface area (Å²) in [5.41, 5.74) is 1.04. The number of halogens is 1. The molecule has 2 aromatic rings. The number of ether oxygens (including phenoxy) is 2. The molecule has 2 heterocycles. The first kappa shape index (κ1) is 21.8. The van der Waals surface area contributed by atoms with E-state index in [1.54, 1.807) is 39.3 Å². The number of hydrogen-bond donors (Lipinski definition) is 0. The van der Waals surface area contributed by atoms with Crippen molar-refractivity contribution in [3.63, 3.8) is 0 Å². The number of benzene rings is 1. The minimum Gasteiger partial charge on any atom is -0.488 e. The monoisotopic (exact) mass is 446 g/mol. The maximum atomic E-state index is 14.0. The smallest absolute Gasteiger partial charge is 0.249 e. The van der Waals surface area contributed by atoms with Gasteiger partial charge in [-0.15, -0.1) is 11.3 Å². The van der Waals surface area contributed by atoms with E-state index in [-0.39, 0.29) is 43.4 Å². The molecular weight excluding hydrogens is 419 g/mol. The predicted molar refractivity (Wildman–Crippen MR) is 116 cm³/mol. The standard InChI is InChI=1S/C23H27FN2O4S/c1-29-15-23(28)25(12-16-6-7-16)13-22(27)26-10-8-21-17(9-11-31-21)19(26)14-30-20-5-3-2-4-18(20)24/h2-5,9,11,16,19H,6-8,10,12-15H2,1H3. The number of para-hydroxylation sites is 1. The highest BCUT2D eigenvalue weighted by molar-refractivity contribution is 7.10. The van der Waals surface area contributed by atoms with Crippen molar-refractivity contribution in [3.8, 4) is 5.75 Å². The van der Waals surface area contributed by atoms with E-state index in [9.17, 15) is 14.0 Å². The SMILES string of the molecule is COCC(=O)N(CC(=O)N1CCc2sccc2C1COc1ccccc1F)CC1CC1. The van der Waals surface area contributed by atoms with E-state index in [1.165, 1.54) is 18.1 Å². The Balaban J connectivity index is 1.49. The third-order valence-corrected chi connectivity index (χ3v) is 6.77. The number of carbonyl (C=O) groups is 2. The van der Waals surface area contributed by atoms with Crippen molar-refractivity contribution in [1.29, 1.82) is 0 Å². The van der Waals surface area contributed by atoms with Gasteiger partial charge < -0.3 is 19.3 Å². The van der Waals surface area contributed by atoms with Crippen molar-refractivity contribution < 1.29 is 23.5 Å². The van der Waals surface area contributed by atoms with Crippen LogP contribution in [0.2, 0.25) is 0 Å². The van der Waals surface area contributed by atoms with Crippen LogP contribution < -0.4 is 4.74 Å². The van der Waals surface area contributed by atoms with E-state index in [2.05, 4.69) is 0 Å². The Bertz CT molecular complexity index is 930. The van der Waals surface area contributed by atoms with Gasteiger partial charge in [-0.3, -0.25) is 9.59 Å². The van der Waals surface area contributed by atoms with Crippen molar-refractivity contribution in [2.75, 3.05) is 40.0 Å². The Labute approximate surface area is 185 Å². The van der Waals surface area contributed by atoms with Crippen molar-refractivity contribution in [2.45, 2.75) is 25.3 Å².